The van der Waals surface area contributed by atoms with Gasteiger partial charge in [-0.3, -0.25) is 4.79 Å². The number of hydrogen-bond acceptors (Lipinski definition) is 6. The van der Waals surface area contributed by atoms with E-state index >= 15 is 0 Å². The molecule has 0 radical (unpaired) electrons. The van der Waals surface area contributed by atoms with Crippen molar-refractivity contribution in [2.24, 2.45) is 0 Å². The third-order valence-corrected chi connectivity index (χ3v) is 10.3. The summed E-state index contributed by atoms with van der Waals surface area (Å²) in [6.45, 7) is 4.55. The van der Waals surface area contributed by atoms with Crippen molar-refractivity contribution in [3.05, 3.63) is 77.2 Å². The SMILES string of the molecule is C=CS(=O)(=O)NC[C@H]1CCCN1S(=O)(=O)c1ccc(C(Cc2ccccc2C(F)(F)F)C(=O)N2CCOCC2)cc1. The first-order valence-corrected chi connectivity index (χ1v) is 16.1. The summed E-state index contributed by atoms with van der Waals surface area (Å²) in [7, 11) is -7.75. The molecule has 2 atom stereocenters. The van der Waals surface area contributed by atoms with Crippen LogP contribution in [0.2, 0.25) is 0 Å². The molecule has 0 bridgehead atoms. The molecular weight excluding hydrogens is 583 g/mol. The first-order chi connectivity index (χ1) is 19.3. The van der Waals surface area contributed by atoms with E-state index in [0.717, 1.165) is 11.5 Å². The lowest BCUT2D eigenvalue weighted by Crippen LogP contribution is -2.43. The zero-order valence-corrected chi connectivity index (χ0v) is 23.8. The Morgan fingerprint density at radius 3 is 2.34 bits per heavy atom. The topological polar surface area (TPSA) is 113 Å². The van der Waals surface area contributed by atoms with Crippen LogP contribution in [0.25, 0.3) is 0 Å². The third kappa shape index (κ3) is 7.36. The second-order valence-electron chi connectivity index (χ2n) is 9.89. The lowest BCUT2D eigenvalue weighted by Gasteiger charge is -2.31. The number of ether oxygens (including phenoxy) is 1. The van der Waals surface area contributed by atoms with E-state index < -0.39 is 43.7 Å². The summed E-state index contributed by atoms with van der Waals surface area (Å²) in [5.74, 6) is -1.35. The fourth-order valence-corrected chi connectivity index (χ4v) is 7.39. The molecule has 0 aromatic heterocycles. The standard InChI is InChI=1S/C27H32F3N3O6S2/c1-2-40(35,36)31-19-22-7-5-13-33(22)41(37,38)23-11-9-20(10-12-23)24(26(34)32-14-16-39-17-15-32)18-21-6-3-4-8-25(21)27(28,29)30/h2-4,6,8-12,22,24,31H,1,5,7,13-19H2/t22-,24?/m1/s1. The van der Waals surface area contributed by atoms with Gasteiger partial charge in [0.2, 0.25) is 26.0 Å². The molecule has 2 heterocycles. The monoisotopic (exact) mass is 615 g/mol. The molecule has 0 aliphatic carbocycles. The predicted octanol–water partition coefficient (Wildman–Crippen LogP) is 3.11. The molecule has 41 heavy (non-hydrogen) atoms. The van der Waals surface area contributed by atoms with Crippen LogP contribution >= 0.6 is 0 Å². The zero-order valence-electron chi connectivity index (χ0n) is 22.2. The van der Waals surface area contributed by atoms with E-state index in [1.807, 2.05) is 0 Å². The highest BCUT2D eigenvalue weighted by atomic mass is 32.2. The van der Waals surface area contributed by atoms with Crippen LogP contribution in [0.15, 0.2) is 65.4 Å². The summed E-state index contributed by atoms with van der Waals surface area (Å²) in [4.78, 5) is 15.1. The van der Waals surface area contributed by atoms with Crippen molar-refractivity contribution in [2.75, 3.05) is 39.4 Å². The van der Waals surface area contributed by atoms with Crippen molar-refractivity contribution >= 4 is 26.0 Å². The van der Waals surface area contributed by atoms with Crippen molar-refractivity contribution < 1.29 is 39.5 Å². The van der Waals surface area contributed by atoms with Gasteiger partial charge in [0.05, 0.1) is 29.6 Å². The molecule has 2 saturated heterocycles. The highest BCUT2D eigenvalue weighted by Gasteiger charge is 2.37. The molecule has 1 unspecified atom stereocenters. The van der Waals surface area contributed by atoms with Gasteiger partial charge < -0.3 is 9.64 Å². The number of hydrogen-bond donors (Lipinski definition) is 1. The molecule has 0 spiro atoms. The van der Waals surface area contributed by atoms with Crippen LogP contribution in [0.3, 0.4) is 0 Å². The molecule has 2 aliphatic heterocycles. The Kier molecular flexibility index (Phi) is 9.59. The van der Waals surface area contributed by atoms with Crippen molar-refractivity contribution in [3.63, 3.8) is 0 Å². The van der Waals surface area contributed by atoms with Crippen LogP contribution in [0.1, 0.15) is 35.4 Å². The van der Waals surface area contributed by atoms with Gasteiger partial charge in [0, 0.05) is 37.6 Å². The summed E-state index contributed by atoms with van der Waals surface area (Å²) in [5, 5.41) is 0.751. The number of halogens is 3. The van der Waals surface area contributed by atoms with E-state index in [0.29, 0.717) is 44.7 Å². The van der Waals surface area contributed by atoms with E-state index in [-0.39, 0.29) is 35.9 Å². The number of sulfonamides is 2. The van der Waals surface area contributed by atoms with Gasteiger partial charge in [0.15, 0.2) is 0 Å². The molecule has 14 heteroatoms. The van der Waals surface area contributed by atoms with E-state index in [2.05, 4.69) is 11.3 Å². The smallest absolute Gasteiger partial charge is 0.378 e. The molecule has 4 rings (SSSR count). The van der Waals surface area contributed by atoms with Gasteiger partial charge in [0.25, 0.3) is 0 Å². The Morgan fingerprint density at radius 2 is 1.71 bits per heavy atom. The van der Waals surface area contributed by atoms with Gasteiger partial charge in [-0.2, -0.15) is 17.5 Å². The summed E-state index contributed by atoms with van der Waals surface area (Å²) < 4.78 is 101. The number of carbonyl (C=O) groups excluding carboxylic acids is 1. The number of alkyl halides is 3. The van der Waals surface area contributed by atoms with Crippen LogP contribution < -0.4 is 4.72 Å². The molecule has 1 N–H and O–H groups in total. The molecule has 224 valence electrons. The number of amides is 1. The highest BCUT2D eigenvalue weighted by Crippen LogP contribution is 2.35. The maximum absolute atomic E-state index is 13.7. The maximum Gasteiger partial charge on any atom is 0.416 e. The highest BCUT2D eigenvalue weighted by molar-refractivity contribution is 7.92. The van der Waals surface area contributed by atoms with Gasteiger partial charge in [0.1, 0.15) is 0 Å². The molecule has 9 nitrogen and oxygen atoms in total. The minimum absolute atomic E-state index is 0.0369. The lowest BCUT2D eigenvalue weighted by atomic mass is 9.88. The van der Waals surface area contributed by atoms with Crippen LogP contribution in [0.4, 0.5) is 13.2 Å². The Bertz CT molecular complexity index is 1460. The fraction of sp³-hybridized carbons (Fsp3) is 0.444. The number of morpholine rings is 1. The van der Waals surface area contributed by atoms with Gasteiger partial charge in [-0.25, -0.2) is 21.6 Å². The number of benzene rings is 2. The minimum atomic E-state index is -4.60. The normalized spacial score (nSPS) is 19.7. The first-order valence-electron chi connectivity index (χ1n) is 13.1. The second kappa shape index (κ2) is 12.6. The fourth-order valence-electron chi connectivity index (χ4n) is 5.16. The van der Waals surface area contributed by atoms with E-state index in [1.165, 1.54) is 46.8 Å². The second-order valence-corrected chi connectivity index (χ2v) is 13.5. The van der Waals surface area contributed by atoms with Crippen LogP contribution in [0, 0.1) is 0 Å². The third-order valence-electron chi connectivity index (χ3n) is 7.32. The minimum Gasteiger partial charge on any atom is -0.378 e. The van der Waals surface area contributed by atoms with Crippen LogP contribution in [-0.4, -0.2) is 77.4 Å². The molecule has 2 aromatic rings. The van der Waals surface area contributed by atoms with E-state index in [1.54, 1.807) is 4.90 Å². The summed E-state index contributed by atoms with van der Waals surface area (Å²) in [6.07, 6.45) is -3.82. The predicted molar refractivity (Wildman–Crippen MR) is 146 cm³/mol. The summed E-state index contributed by atoms with van der Waals surface area (Å²) in [5.41, 5.74) is -0.481. The van der Waals surface area contributed by atoms with Crippen molar-refractivity contribution in [2.45, 2.75) is 42.3 Å². The maximum atomic E-state index is 13.7. The summed E-state index contributed by atoms with van der Waals surface area (Å²) in [6, 6.07) is 10.1. The Hall–Kier alpha value is -2.78. The van der Waals surface area contributed by atoms with Gasteiger partial charge in [-0.1, -0.05) is 36.9 Å². The van der Waals surface area contributed by atoms with Crippen molar-refractivity contribution in [1.82, 2.24) is 13.9 Å². The quantitative estimate of drug-likeness (QED) is 0.440. The zero-order chi connectivity index (χ0) is 29.8. The molecule has 1 amide bonds. The van der Waals surface area contributed by atoms with E-state index in [9.17, 15) is 34.8 Å². The largest absolute Gasteiger partial charge is 0.416 e. The van der Waals surface area contributed by atoms with Crippen LogP contribution in [-0.2, 0) is 42.2 Å². The number of carbonyl (C=O) groups is 1. The van der Waals surface area contributed by atoms with Gasteiger partial charge in [-0.05, 0) is 48.6 Å². The van der Waals surface area contributed by atoms with Crippen LogP contribution in [0.5, 0.6) is 0 Å². The van der Waals surface area contributed by atoms with E-state index in [4.69, 9.17) is 4.74 Å². The van der Waals surface area contributed by atoms with Crippen molar-refractivity contribution in [1.29, 1.82) is 0 Å². The lowest BCUT2D eigenvalue weighted by molar-refractivity contribution is -0.140. The average molecular weight is 616 g/mol. The number of rotatable bonds is 10. The summed E-state index contributed by atoms with van der Waals surface area (Å²) >= 11 is 0. The Morgan fingerprint density at radius 1 is 1.05 bits per heavy atom. The molecule has 0 saturated carbocycles. The Balaban J connectivity index is 1.62. The van der Waals surface area contributed by atoms with Gasteiger partial charge in [-0.15, -0.1) is 0 Å². The number of nitrogens with one attached hydrogen (secondary N) is 1. The number of nitrogens with zero attached hydrogens (tertiary/aromatic N) is 2. The Labute approximate surface area is 238 Å². The van der Waals surface area contributed by atoms with Crippen molar-refractivity contribution in [3.8, 4) is 0 Å². The van der Waals surface area contributed by atoms with Gasteiger partial charge >= 0.3 is 6.18 Å². The molecule has 2 fully saturated rings. The first kappa shape index (κ1) is 31.2. The average Bonchev–Trinajstić information content (AvgIpc) is 3.45. The molecular formula is C27H32F3N3O6S2. The molecule has 2 aromatic carbocycles. The molecule has 2 aliphatic rings.